The van der Waals surface area contributed by atoms with Crippen LogP contribution in [-0.4, -0.2) is 29.0 Å². The molecule has 0 spiro atoms. The Hall–Kier alpha value is -3.61. The predicted molar refractivity (Wildman–Crippen MR) is 97.7 cm³/mol. The molecule has 7 heteroatoms. The molecule has 0 bridgehead atoms. The first kappa shape index (κ1) is 16.3. The van der Waals surface area contributed by atoms with Crippen molar-refractivity contribution in [2.24, 2.45) is 5.73 Å². The van der Waals surface area contributed by atoms with Crippen LogP contribution in [0.25, 0.3) is 22.7 Å². The maximum atomic E-state index is 11.8. The number of aromatic nitrogens is 2. The molecule has 25 heavy (non-hydrogen) atoms. The first-order valence-corrected chi connectivity index (χ1v) is 7.62. The molecule has 0 radical (unpaired) electrons. The molecule has 1 aromatic carbocycles. The van der Waals surface area contributed by atoms with Crippen molar-refractivity contribution < 1.29 is 9.59 Å². The van der Waals surface area contributed by atoms with Gasteiger partial charge in [-0.2, -0.15) is 0 Å². The highest BCUT2D eigenvalue weighted by molar-refractivity contribution is 6.24. The molecule has 0 aliphatic rings. The Kier molecular flexibility index (Phi) is 4.47. The van der Waals surface area contributed by atoms with Gasteiger partial charge in [0.25, 0.3) is 0 Å². The standard InChI is InChI=1S/C18H17N5O2/c1-20-18(25)23-15-8-7-13-12(10-21-17(13)22-15)9-14(16(19)24)11-5-3-2-4-6-11/h2-10H,1H3,(H2,19,24)(H3,20,21,22,23,25)/b14-9+. The van der Waals surface area contributed by atoms with Gasteiger partial charge in [-0.15, -0.1) is 0 Å². The van der Waals surface area contributed by atoms with E-state index < -0.39 is 5.91 Å². The molecule has 0 saturated heterocycles. The summed E-state index contributed by atoms with van der Waals surface area (Å²) < 4.78 is 0. The molecule has 3 amide bonds. The number of carbonyl (C=O) groups excluding carboxylic acids is 2. The minimum Gasteiger partial charge on any atom is -0.366 e. The van der Waals surface area contributed by atoms with E-state index in [0.29, 0.717) is 17.0 Å². The van der Waals surface area contributed by atoms with Gasteiger partial charge in [0.1, 0.15) is 11.5 Å². The quantitative estimate of drug-likeness (QED) is 0.549. The molecule has 0 saturated carbocycles. The number of pyridine rings is 1. The highest BCUT2D eigenvalue weighted by atomic mass is 16.2. The minimum atomic E-state index is -0.508. The Bertz CT molecular complexity index is 960. The van der Waals surface area contributed by atoms with E-state index >= 15 is 0 Å². The third-order valence-corrected chi connectivity index (χ3v) is 3.69. The number of H-pyrrole nitrogens is 1. The van der Waals surface area contributed by atoms with Crippen LogP contribution in [0.1, 0.15) is 11.1 Å². The summed E-state index contributed by atoms with van der Waals surface area (Å²) in [6.45, 7) is 0. The summed E-state index contributed by atoms with van der Waals surface area (Å²) in [5, 5.41) is 5.89. The second-order valence-electron chi connectivity index (χ2n) is 5.33. The summed E-state index contributed by atoms with van der Waals surface area (Å²) in [5.74, 6) is -0.0890. The van der Waals surface area contributed by atoms with Crippen LogP contribution < -0.4 is 16.4 Å². The number of rotatable bonds is 4. The lowest BCUT2D eigenvalue weighted by Crippen LogP contribution is -2.24. The molecule has 5 N–H and O–H groups in total. The van der Waals surface area contributed by atoms with Crippen molar-refractivity contribution in [2.75, 3.05) is 12.4 Å². The van der Waals surface area contributed by atoms with Crippen molar-refractivity contribution in [2.45, 2.75) is 0 Å². The zero-order chi connectivity index (χ0) is 17.8. The van der Waals surface area contributed by atoms with Crippen molar-refractivity contribution >= 4 is 40.4 Å². The zero-order valence-corrected chi connectivity index (χ0v) is 13.5. The number of nitrogens with one attached hydrogen (secondary N) is 3. The molecule has 0 atom stereocenters. The van der Waals surface area contributed by atoms with E-state index in [9.17, 15) is 9.59 Å². The lowest BCUT2D eigenvalue weighted by molar-refractivity contribution is -0.112. The third-order valence-electron chi connectivity index (χ3n) is 3.69. The van der Waals surface area contributed by atoms with E-state index in [4.69, 9.17) is 5.73 Å². The van der Waals surface area contributed by atoms with Crippen LogP contribution >= 0.6 is 0 Å². The average molecular weight is 335 g/mol. The fraction of sp³-hybridized carbons (Fsp3) is 0.0556. The fourth-order valence-corrected chi connectivity index (χ4v) is 2.46. The number of fused-ring (bicyclic) bond motifs is 1. The largest absolute Gasteiger partial charge is 0.366 e. The number of nitrogens with two attached hydrogens (primary N) is 1. The van der Waals surface area contributed by atoms with Crippen molar-refractivity contribution in [1.82, 2.24) is 15.3 Å². The third kappa shape index (κ3) is 3.50. The van der Waals surface area contributed by atoms with Gasteiger partial charge in [0, 0.05) is 29.8 Å². The van der Waals surface area contributed by atoms with E-state index in [1.807, 2.05) is 36.4 Å². The highest BCUT2D eigenvalue weighted by Gasteiger charge is 2.11. The van der Waals surface area contributed by atoms with Gasteiger partial charge in [0.05, 0.1) is 0 Å². The van der Waals surface area contributed by atoms with Crippen molar-refractivity contribution in [1.29, 1.82) is 0 Å². The van der Waals surface area contributed by atoms with Crippen molar-refractivity contribution in [3.8, 4) is 0 Å². The van der Waals surface area contributed by atoms with Crippen molar-refractivity contribution in [3.05, 3.63) is 59.8 Å². The first-order valence-electron chi connectivity index (χ1n) is 7.62. The summed E-state index contributed by atoms with van der Waals surface area (Å²) in [7, 11) is 1.53. The molecule has 126 valence electrons. The number of carbonyl (C=O) groups is 2. The minimum absolute atomic E-state index is 0.349. The summed E-state index contributed by atoms with van der Waals surface area (Å²) in [6, 6.07) is 12.4. The van der Waals surface area contributed by atoms with E-state index in [0.717, 1.165) is 16.5 Å². The lowest BCUT2D eigenvalue weighted by atomic mass is 10.0. The van der Waals surface area contributed by atoms with Gasteiger partial charge in [-0.1, -0.05) is 30.3 Å². The number of hydrogen-bond acceptors (Lipinski definition) is 3. The predicted octanol–water partition coefficient (Wildman–Crippen LogP) is 2.34. The second kappa shape index (κ2) is 6.88. The molecule has 0 aliphatic carbocycles. The van der Waals surface area contributed by atoms with Crippen LogP contribution in [-0.2, 0) is 4.79 Å². The van der Waals surface area contributed by atoms with E-state index in [-0.39, 0.29) is 6.03 Å². The van der Waals surface area contributed by atoms with Crippen LogP contribution in [0.15, 0.2) is 48.7 Å². The SMILES string of the molecule is CNC(=O)Nc1ccc2c(/C=C(/C(N)=O)c3ccccc3)c[nH]c2n1. The molecule has 7 nitrogen and oxygen atoms in total. The Morgan fingerprint density at radius 1 is 1.16 bits per heavy atom. The van der Waals surface area contributed by atoms with Crippen LogP contribution in [0.2, 0.25) is 0 Å². The Morgan fingerprint density at radius 2 is 1.92 bits per heavy atom. The molecular weight excluding hydrogens is 318 g/mol. The Balaban J connectivity index is 2.01. The molecule has 0 aliphatic heterocycles. The number of urea groups is 1. The summed E-state index contributed by atoms with van der Waals surface area (Å²) in [4.78, 5) is 30.6. The van der Waals surface area contributed by atoms with E-state index in [1.54, 1.807) is 18.3 Å². The fourth-order valence-electron chi connectivity index (χ4n) is 2.46. The van der Waals surface area contributed by atoms with Gasteiger partial charge in [-0.3, -0.25) is 10.1 Å². The normalized spacial score (nSPS) is 11.3. The topological polar surface area (TPSA) is 113 Å². The molecular formula is C18H17N5O2. The summed E-state index contributed by atoms with van der Waals surface area (Å²) >= 11 is 0. The maximum Gasteiger partial charge on any atom is 0.320 e. The number of nitrogens with zero attached hydrogens (tertiary/aromatic N) is 1. The highest BCUT2D eigenvalue weighted by Crippen LogP contribution is 2.24. The number of aromatic amines is 1. The summed E-state index contributed by atoms with van der Waals surface area (Å²) in [6.07, 6.45) is 3.47. The van der Waals surface area contributed by atoms with Gasteiger partial charge in [-0.25, -0.2) is 9.78 Å². The van der Waals surface area contributed by atoms with Gasteiger partial charge in [-0.05, 0) is 23.8 Å². The molecule has 2 heterocycles. The van der Waals surface area contributed by atoms with Gasteiger partial charge in [0.2, 0.25) is 5.91 Å². The van der Waals surface area contributed by atoms with Gasteiger partial charge in [0.15, 0.2) is 0 Å². The molecule has 3 rings (SSSR count). The number of benzene rings is 1. The van der Waals surface area contributed by atoms with Gasteiger partial charge >= 0.3 is 6.03 Å². The number of anilines is 1. The molecule has 0 fully saturated rings. The lowest BCUT2D eigenvalue weighted by Gasteiger charge is -2.04. The summed E-state index contributed by atoms with van der Waals surface area (Å²) in [5.41, 5.74) is 8.07. The first-order chi connectivity index (χ1) is 12.1. The maximum absolute atomic E-state index is 11.8. The molecule has 2 aromatic heterocycles. The number of hydrogen-bond donors (Lipinski definition) is 4. The Labute approximate surface area is 143 Å². The van der Waals surface area contributed by atoms with Crippen LogP contribution in [0.5, 0.6) is 0 Å². The van der Waals surface area contributed by atoms with Crippen LogP contribution in [0.3, 0.4) is 0 Å². The number of primary amides is 1. The van der Waals surface area contributed by atoms with E-state index in [2.05, 4.69) is 20.6 Å². The van der Waals surface area contributed by atoms with E-state index in [1.165, 1.54) is 7.05 Å². The zero-order valence-electron chi connectivity index (χ0n) is 13.5. The smallest absolute Gasteiger partial charge is 0.320 e. The van der Waals surface area contributed by atoms with Crippen LogP contribution in [0, 0.1) is 0 Å². The van der Waals surface area contributed by atoms with Gasteiger partial charge < -0.3 is 16.0 Å². The Morgan fingerprint density at radius 3 is 2.60 bits per heavy atom. The monoisotopic (exact) mass is 335 g/mol. The molecule has 0 unspecified atom stereocenters. The molecule has 3 aromatic rings. The van der Waals surface area contributed by atoms with Crippen LogP contribution in [0.4, 0.5) is 10.6 Å². The number of amides is 3. The van der Waals surface area contributed by atoms with Crippen molar-refractivity contribution in [3.63, 3.8) is 0 Å². The second-order valence-corrected chi connectivity index (χ2v) is 5.33. The average Bonchev–Trinajstić information content (AvgIpc) is 3.02.